The summed E-state index contributed by atoms with van der Waals surface area (Å²) in [6.45, 7) is 8.10. The van der Waals surface area contributed by atoms with Crippen molar-refractivity contribution in [3.05, 3.63) is 88.2 Å². The molecule has 276 valence electrons. The number of fused-ring (bicyclic) bond motifs is 2. The van der Waals surface area contributed by atoms with Crippen LogP contribution in [-0.4, -0.2) is 86.8 Å². The summed E-state index contributed by atoms with van der Waals surface area (Å²) >= 11 is 6.69. The molecule has 2 aliphatic heterocycles. The predicted octanol–water partition coefficient (Wildman–Crippen LogP) is 7.40. The van der Waals surface area contributed by atoms with Gasteiger partial charge in [0, 0.05) is 26.2 Å². The standard InChI is InChI=1S/C18H19N3O3S.C14H11BrN2O2S.C4H9NO.CH4/c1-22-14-4-2-13(3-5-14)11-24-18-17-15(19-12-20-18)10-16(25-17)21-6-8-23-9-7-21;1-18-10-4-2-9(3-5-10)7-19-14-13-11(16-8-17-14)6-12(15)20-13;1-3-6-4-2-5-1;/h2-5,10,12H,6-9,11H2,1H3;2-6,8H,7H2,1H3;5H,1-4H2;1H4. The molecule has 0 aliphatic carbocycles. The normalized spacial score (nSPS) is 13.9. The number of ether oxygens (including phenoxy) is 6. The minimum Gasteiger partial charge on any atom is -0.497 e. The topological polar surface area (TPSA) is 122 Å². The lowest BCUT2D eigenvalue weighted by Gasteiger charge is -2.27. The van der Waals surface area contributed by atoms with Crippen LogP contribution in [0.5, 0.6) is 23.3 Å². The van der Waals surface area contributed by atoms with Crippen LogP contribution < -0.4 is 29.2 Å². The van der Waals surface area contributed by atoms with E-state index in [9.17, 15) is 0 Å². The maximum atomic E-state index is 5.95. The average molecular weight is 812 g/mol. The molecule has 2 aromatic carbocycles. The van der Waals surface area contributed by atoms with Crippen LogP contribution in [0.15, 0.2) is 77.1 Å². The number of nitrogens with one attached hydrogen (secondary N) is 1. The Morgan fingerprint density at radius 2 is 1.19 bits per heavy atom. The lowest BCUT2D eigenvalue weighted by atomic mass is 10.2. The third-order valence-electron chi connectivity index (χ3n) is 7.75. The summed E-state index contributed by atoms with van der Waals surface area (Å²) in [5, 5.41) is 4.35. The summed E-state index contributed by atoms with van der Waals surface area (Å²) in [5.41, 5.74) is 3.94. The van der Waals surface area contributed by atoms with E-state index in [1.807, 2.05) is 54.6 Å². The molecule has 0 radical (unpaired) electrons. The van der Waals surface area contributed by atoms with Crippen molar-refractivity contribution in [2.45, 2.75) is 20.6 Å². The first-order valence-corrected chi connectivity index (χ1v) is 18.8. The number of anilines is 1. The number of hydrogen-bond donors (Lipinski definition) is 1. The Balaban J connectivity index is 0.000000173. The maximum Gasteiger partial charge on any atom is 0.235 e. The molecule has 2 fully saturated rings. The van der Waals surface area contributed by atoms with Crippen molar-refractivity contribution in [2.24, 2.45) is 0 Å². The van der Waals surface area contributed by atoms with E-state index in [-0.39, 0.29) is 7.43 Å². The van der Waals surface area contributed by atoms with Gasteiger partial charge in [0.15, 0.2) is 0 Å². The zero-order valence-electron chi connectivity index (χ0n) is 28.4. The van der Waals surface area contributed by atoms with E-state index in [4.69, 9.17) is 28.4 Å². The van der Waals surface area contributed by atoms with Gasteiger partial charge in [-0.2, -0.15) is 0 Å². The van der Waals surface area contributed by atoms with Gasteiger partial charge in [0.1, 0.15) is 46.8 Å². The second-order valence-electron chi connectivity index (χ2n) is 11.2. The fraction of sp³-hybridized carbons (Fsp3) is 0.351. The summed E-state index contributed by atoms with van der Waals surface area (Å²) in [4.78, 5) is 19.4. The van der Waals surface area contributed by atoms with Gasteiger partial charge in [-0.05, 0) is 63.5 Å². The van der Waals surface area contributed by atoms with Crippen LogP contribution in [0, 0.1) is 0 Å². The molecule has 0 spiro atoms. The Labute approximate surface area is 320 Å². The molecule has 4 aromatic heterocycles. The molecule has 0 bridgehead atoms. The number of methoxy groups -OCH3 is 2. The van der Waals surface area contributed by atoms with Gasteiger partial charge >= 0.3 is 0 Å². The molecule has 6 aromatic rings. The van der Waals surface area contributed by atoms with Crippen molar-refractivity contribution in [3.63, 3.8) is 0 Å². The minimum absolute atomic E-state index is 0. The van der Waals surface area contributed by atoms with Crippen LogP contribution in [0.1, 0.15) is 18.6 Å². The molecule has 15 heteroatoms. The lowest BCUT2D eigenvalue weighted by Crippen LogP contribution is -2.35. The van der Waals surface area contributed by atoms with E-state index in [1.54, 1.807) is 43.2 Å². The molecule has 12 nitrogen and oxygen atoms in total. The smallest absolute Gasteiger partial charge is 0.235 e. The number of aromatic nitrogens is 4. The summed E-state index contributed by atoms with van der Waals surface area (Å²) in [6.07, 6.45) is 3.08. The molecule has 0 saturated carbocycles. The van der Waals surface area contributed by atoms with Gasteiger partial charge in [0.05, 0.1) is 60.5 Å². The van der Waals surface area contributed by atoms with Gasteiger partial charge in [-0.15, -0.1) is 22.7 Å². The number of rotatable bonds is 9. The lowest BCUT2D eigenvalue weighted by molar-refractivity contribution is 0.109. The van der Waals surface area contributed by atoms with Gasteiger partial charge < -0.3 is 38.6 Å². The zero-order chi connectivity index (χ0) is 35.3. The third-order valence-corrected chi connectivity index (χ3v) is 10.5. The Bertz CT molecular complexity index is 1940. The van der Waals surface area contributed by atoms with Gasteiger partial charge in [-0.1, -0.05) is 31.7 Å². The van der Waals surface area contributed by atoms with Crippen molar-refractivity contribution in [3.8, 4) is 23.3 Å². The van der Waals surface area contributed by atoms with Crippen molar-refractivity contribution in [2.75, 3.05) is 71.7 Å². The first kappa shape index (κ1) is 39.1. The van der Waals surface area contributed by atoms with E-state index in [0.717, 1.165) is 99.5 Å². The van der Waals surface area contributed by atoms with Gasteiger partial charge in [-0.25, -0.2) is 19.9 Å². The minimum atomic E-state index is 0. The quantitative estimate of drug-likeness (QED) is 0.157. The van der Waals surface area contributed by atoms with Crippen LogP contribution >= 0.6 is 38.6 Å². The third kappa shape index (κ3) is 10.9. The molecule has 6 heterocycles. The highest BCUT2D eigenvalue weighted by atomic mass is 79.9. The van der Waals surface area contributed by atoms with E-state index in [1.165, 1.54) is 11.3 Å². The van der Waals surface area contributed by atoms with E-state index < -0.39 is 0 Å². The first-order valence-electron chi connectivity index (χ1n) is 16.4. The largest absolute Gasteiger partial charge is 0.497 e. The van der Waals surface area contributed by atoms with Crippen molar-refractivity contribution in [1.29, 1.82) is 0 Å². The number of thiophene rings is 2. The molecule has 8 rings (SSSR count). The van der Waals surface area contributed by atoms with Gasteiger partial charge in [0.2, 0.25) is 11.8 Å². The van der Waals surface area contributed by atoms with Crippen LogP contribution in [0.4, 0.5) is 5.00 Å². The SMILES string of the molecule is C.C1COCCN1.COc1ccc(COc2ncnc3cc(Br)sc23)cc1.COc1ccc(COc2ncnc3cc(N4CCOCC4)sc23)cc1. The van der Waals surface area contributed by atoms with Crippen molar-refractivity contribution < 1.29 is 28.4 Å². The zero-order valence-corrected chi connectivity index (χ0v) is 31.6. The summed E-state index contributed by atoms with van der Waals surface area (Å²) < 4.78 is 35.4. The second kappa shape index (κ2) is 20.2. The molecule has 2 saturated heterocycles. The fourth-order valence-corrected chi connectivity index (χ4v) is 7.62. The summed E-state index contributed by atoms with van der Waals surface area (Å²) in [7, 11) is 3.31. The van der Waals surface area contributed by atoms with Crippen molar-refractivity contribution >= 4 is 64.0 Å². The van der Waals surface area contributed by atoms with Crippen LogP contribution in [-0.2, 0) is 22.7 Å². The monoisotopic (exact) mass is 810 g/mol. The first-order chi connectivity index (χ1) is 25.1. The number of hydrogen-bond acceptors (Lipinski definition) is 14. The molecular formula is C37H43BrN6O6S2. The molecule has 1 N–H and O–H groups in total. The number of halogens is 1. The Kier molecular flexibility index (Phi) is 15.2. The maximum absolute atomic E-state index is 5.95. The Morgan fingerprint density at radius 3 is 1.67 bits per heavy atom. The van der Waals surface area contributed by atoms with Crippen LogP contribution in [0.25, 0.3) is 20.4 Å². The summed E-state index contributed by atoms with van der Waals surface area (Å²) in [5.74, 6) is 2.91. The van der Waals surface area contributed by atoms with E-state index in [0.29, 0.717) is 25.0 Å². The molecular weight excluding hydrogens is 768 g/mol. The van der Waals surface area contributed by atoms with E-state index >= 15 is 0 Å². The summed E-state index contributed by atoms with van der Waals surface area (Å²) in [6, 6.07) is 19.7. The number of nitrogens with zero attached hydrogens (tertiary/aromatic N) is 5. The fourth-order valence-electron chi connectivity index (χ4n) is 5.03. The average Bonchev–Trinajstić information content (AvgIpc) is 3.82. The van der Waals surface area contributed by atoms with Gasteiger partial charge in [-0.3, -0.25) is 0 Å². The second-order valence-corrected chi connectivity index (χ2v) is 14.6. The number of morpholine rings is 2. The molecule has 0 atom stereocenters. The highest BCUT2D eigenvalue weighted by Crippen LogP contribution is 2.37. The highest BCUT2D eigenvalue weighted by molar-refractivity contribution is 9.11. The Hall–Kier alpha value is -4.12. The van der Waals surface area contributed by atoms with Crippen molar-refractivity contribution in [1.82, 2.24) is 25.3 Å². The molecule has 0 unspecified atom stereocenters. The highest BCUT2D eigenvalue weighted by Gasteiger charge is 2.17. The predicted molar refractivity (Wildman–Crippen MR) is 211 cm³/mol. The molecule has 2 aliphatic rings. The molecule has 0 amide bonds. The van der Waals surface area contributed by atoms with Crippen LogP contribution in [0.2, 0.25) is 0 Å². The number of benzene rings is 2. The molecule has 52 heavy (non-hydrogen) atoms. The Morgan fingerprint density at radius 1 is 0.692 bits per heavy atom. The van der Waals surface area contributed by atoms with E-state index in [2.05, 4.69) is 52.1 Å². The van der Waals surface area contributed by atoms with Crippen LogP contribution in [0.3, 0.4) is 0 Å². The van der Waals surface area contributed by atoms with Gasteiger partial charge in [0.25, 0.3) is 0 Å².